The van der Waals surface area contributed by atoms with Gasteiger partial charge in [0.2, 0.25) is 18.2 Å². The first-order valence-corrected chi connectivity index (χ1v) is 12.1. The molecule has 0 saturated heterocycles. The number of carbonyl (C=O) groups is 3. The summed E-state index contributed by atoms with van der Waals surface area (Å²) in [6, 6.07) is -1.72. The number of carbonyl (C=O) groups excluding carboxylic acids is 3. The topological polar surface area (TPSA) is 205 Å². The Bertz CT molecular complexity index is 851. The van der Waals surface area contributed by atoms with Crippen molar-refractivity contribution in [1.29, 1.82) is 0 Å². The van der Waals surface area contributed by atoms with Crippen molar-refractivity contribution >= 4 is 40.7 Å². The molecule has 3 amide bonds. The van der Waals surface area contributed by atoms with Crippen LogP contribution in [0.3, 0.4) is 0 Å². The number of thiazole rings is 1. The lowest BCUT2D eigenvalue weighted by Crippen LogP contribution is -2.51. The maximum absolute atomic E-state index is 13.3. The number of hydroxylamine groups is 2. The Kier molecular flexibility index (Phi) is 13.2. The standard InChI is InChI=1S/C20H34N8O6S/c1-4-6-16(27(32)12-29)14(11-13(2)3)17(30)24-15(18(31)25-20-23-9-10-35-20)7-5-8-22-19(21)26-28(33)34/h9-10,12-16,32H,4-8,11H2,1-3H3,(H,24,30)(H3,21,22,26)(H,23,25,31)/t14-,15+,16+/m0/s1. The number of hydrogen-bond acceptors (Lipinski definition) is 8. The Balaban J connectivity index is 3.00. The number of guanidine groups is 1. The zero-order valence-corrected chi connectivity index (χ0v) is 20.9. The van der Waals surface area contributed by atoms with Crippen LogP contribution in [0.15, 0.2) is 16.7 Å². The lowest BCUT2D eigenvalue weighted by atomic mass is 9.86. The fourth-order valence-electron chi connectivity index (χ4n) is 3.51. The first kappa shape index (κ1) is 29.7. The number of amides is 3. The van der Waals surface area contributed by atoms with Crippen LogP contribution in [0.2, 0.25) is 0 Å². The molecule has 1 aromatic heterocycles. The molecular weight excluding hydrogens is 480 g/mol. The molecule has 0 radical (unpaired) electrons. The van der Waals surface area contributed by atoms with E-state index >= 15 is 0 Å². The predicted octanol–water partition coefficient (Wildman–Crippen LogP) is 1.12. The van der Waals surface area contributed by atoms with Gasteiger partial charge in [-0.3, -0.25) is 19.6 Å². The van der Waals surface area contributed by atoms with Gasteiger partial charge in [-0.05, 0) is 31.6 Å². The number of nitrogens with two attached hydrogens (primary N) is 1. The summed E-state index contributed by atoms with van der Waals surface area (Å²) in [5.74, 6) is -2.01. The third-order valence-corrected chi connectivity index (χ3v) is 5.71. The average molecular weight is 515 g/mol. The van der Waals surface area contributed by atoms with Crippen LogP contribution in [0.4, 0.5) is 5.13 Å². The van der Waals surface area contributed by atoms with Crippen molar-refractivity contribution in [1.82, 2.24) is 20.7 Å². The Morgan fingerprint density at radius 2 is 2.09 bits per heavy atom. The molecule has 0 bridgehead atoms. The first-order valence-electron chi connectivity index (χ1n) is 11.2. The van der Waals surface area contributed by atoms with E-state index in [9.17, 15) is 29.7 Å². The van der Waals surface area contributed by atoms with Crippen LogP contribution in [-0.4, -0.2) is 63.1 Å². The van der Waals surface area contributed by atoms with Gasteiger partial charge < -0.3 is 21.7 Å². The highest BCUT2D eigenvalue weighted by molar-refractivity contribution is 7.13. The van der Waals surface area contributed by atoms with E-state index < -0.39 is 34.8 Å². The predicted molar refractivity (Wildman–Crippen MR) is 130 cm³/mol. The fourth-order valence-corrected chi connectivity index (χ4v) is 4.04. The highest BCUT2D eigenvalue weighted by Gasteiger charge is 2.34. The van der Waals surface area contributed by atoms with E-state index in [1.807, 2.05) is 20.8 Å². The van der Waals surface area contributed by atoms with Gasteiger partial charge in [-0.2, -0.15) is 0 Å². The minimum absolute atomic E-state index is 0.0841. The zero-order valence-electron chi connectivity index (χ0n) is 20.0. The number of aromatic nitrogens is 1. The van der Waals surface area contributed by atoms with Gasteiger partial charge in [0.15, 0.2) is 10.2 Å². The van der Waals surface area contributed by atoms with Crippen LogP contribution < -0.4 is 21.7 Å². The van der Waals surface area contributed by atoms with Crippen molar-refractivity contribution in [3.63, 3.8) is 0 Å². The maximum atomic E-state index is 13.3. The molecule has 3 atom stereocenters. The van der Waals surface area contributed by atoms with Crippen LogP contribution in [0, 0.1) is 22.0 Å². The molecule has 1 heterocycles. The smallest absolute Gasteiger partial charge is 0.266 e. The van der Waals surface area contributed by atoms with Crippen LogP contribution in [0.25, 0.3) is 0 Å². The molecule has 15 heteroatoms. The summed E-state index contributed by atoms with van der Waals surface area (Å²) in [6.45, 7) is 5.88. The third-order valence-electron chi connectivity index (χ3n) is 5.02. The minimum Gasteiger partial charge on any atom is -0.365 e. The molecule has 0 spiro atoms. The van der Waals surface area contributed by atoms with Gasteiger partial charge in [-0.25, -0.2) is 20.2 Å². The molecular formula is C20H34N8O6S. The molecule has 1 rings (SSSR count). The zero-order chi connectivity index (χ0) is 26.4. The highest BCUT2D eigenvalue weighted by atomic mass is 32.1. The van der Waals surface area contributed by atoms with Crippen LogP contribution in [0.1, 0.15) is 52.9 Å². The van der Waals surface area contributed by atoms with Crippen LogP contribution in [0.5, 0.6) is 0 Å². The van der Waals surface area contributed by atoms with E-state index in [4.69, 9.17) is 5.73 Å². The van der Waals surface area contributed by atoms with E-state index in [1.54, 1.807) is 5.38 Å². The molecule has 0 fully saturated rings. The number of hydrazone groups is 1. The summed E-state index contributed by atoms with van der Waals surface area (Å²) in [4.78, 5) is 51.9. The molecule has 0 unspecified atom stereocenters. The Hall–Kier alpha value is -3.33. The number of nitrogens with one attached hydrogen (secondary N) is 3. The minimum atomic E-state index is -0.970. The lowest BCUT2D eigenvalue weighted by Gasteiger charge is -2.32. The molecule has 0 aromatic carbocycles. The monoisotopic (exact) mass is 514 g/mol. The second kappa shape index (κ2) is 15.5. The third kappa shape index (κ3) is 11.1. The van der Waals surface area contributed by atoms with Crippen molar-refractivity contribution in [2.45, 2.75) is 65.0 Å². The van der Waals surface area contributed by atoms with Crippen molar-refractivity contribution in [2.75, 3.05) is 11.9 Å². The van der Waals surface area contributed by atoms with Gasteiger partial charge in [0.05, 0.1) is 12.0 Å². The van der Waals surface area contributed by atoms with E-state index in [1.165, 1.54) is 17.5 Å². The van der Waals surface area contributed by atoms with Gasteiger partial charge in [0.1, 0.15) is 11.1 Å². The van der Waals surface area contributed by atoms with E-state index in [0.717, 1.165) is 0 Å². The summed E-state index contributed by atoms with van der Waals surface area (Å²) in [5.41, 5.74) is 5.40. The summed E-state index contributed by atoms with van der Waals surface area (Å²) in [5, 5.41) is 33.0. The molecule has 0 aliphatic heterocycles. The quantitative estimate of drug-likeness (QED) is 0.0407. The highest BCUT2D eigenvalue weighted by Crippen LogP contribution is 2.23. The van der Waals surface area contributed by atoms with E-state index in [2.05, 4.69) is 26.0 Å². The maximum Gasteiger partial charge on any atom is 0.266 e. The Labute approximate surface area is 207 Å². The summed E-state index contributed by atoms with van der Waals surface area (Å²) in [6.07, 6.45) is 3.70. The number of nitro groups is 1. The van der Waals surface area contributed by atoms with E-state index in [-0.39, 0.29) is 31.3 Å². The second-order valence-electron chi connectivity index (χ2n) is 8.26. The normalized spacial score (nSPS) is 14.0. The number of hydrogen-bond donors (Lipinski definition) is 5. The van der Waals surface area contributed by atoms with Gasteiger partial charge in [-0.1, -0.05) is 27.2 Å². The van der Waals surface area contributed by atoms with Crippen molar-refractivity contribution in [3.8, 4) is 0 Å². The number of nitrogens with zero attached hydrogens (tertiary/aromatic N) is 4. The molecule has 1 aromatic rings. The molecule has 0 saturated carbocycles. The van der Waals surface area contributed by atoms with Gasteiger partial charge in [0, 0.05) is 18.1 Å². The molecule has 0 aliphatic carbocycles. The summed E-state index contributed by atoms with van der Waals surface area (Å²) in [7, 11) is 0. The van der Waals surface area contributed by atoms with E-state index in [0.29, 0.717) is 35.9 Å². The van der Waals surface area contributed by atoms with Gasteiger partial charge >= 0.3 is 0 Å². The van der Waals surface area contributed by atoms with Crippen molar-refractivity contribution < 1.29 is 24.6 Å². The first-order chi connectivity index (χ1) is 16.6. The Morgan fingerprint density at radius 3 is 2.63 bits per heavy atom. The molecule has 35 heavy (non-hydrogen) atoms. The SMILES string of the molecule is CCC[C@H]([C@H](CC(C)C)C(=O)N[C@H](CCCN/C(N)=N\[N+](=O)[O-])C(=O)Nc1nccs1)N(O)C=O. The van der Waals surface area contributed by atoms with Crippen LogP contribution >= 0.6 is 11.3 Å². The lowest BCUT2D eigenvalue weighted by molar-refractivity contribution is -0.485. The van der Waals surface area contributed by atoms with Crippen molar-refractivity contribution in [2.24, 2.45) is 22.7 Å². The van der Waals surface area contributed by atoms with Gasteiger partial charge in [0.25, 0.3) is 5.96 Å². The number of rotatable bonds is 16. The van der Waals surface area contributed by atoms with Gasteiger partial charge in [-0.15, -0.1) is 11.3 Å². The average Bonchev–Trinajstić information content (AvgIpc) is 3.29. The molecule has 196 valence electrons. The summed E-state index contributed by atoms with van der Waals surface area (Å²) >= 11 is 1.22. The molecule has 14 nitrogen and oxygen atoms in total. The number of anilines is 1. The fraction of sp³-hybridized carbons (Fsp3) is 0.650. The molecule has 0 aliphatic rings. The Morgan fingerprint density at radius 1 is 1.37 bits per heavy atom. The van der Waals surface area contributed by atoms with Crippen LogP contribution in [-0.2, 0) is 14.4 Å². The van der Waals surface area contributed by atoms with Crippen molar-refractivity contribution in [3.05, 3.63) is 21.7 Å². The summed E-state index contributed by atoms with van der Waals surface area (Å²) < 4.78 is 0. The molecule has 6 N–H and O–H groups in total. The largest absolute Gasteiger partial charge is 0.365 e. The second-order valence-corrected chi connectivity index (χ2v) is 9.15.